The first-order chi connectivity index (χ1) is 12.9. The maximum atomic E-state index is 13.0. The number of piperidine rings is 1. The van der Waals surface area contributed by atoms with E-state index in [9.17, 15) is 14.4 Å². The van der Waals surface area contributed by atoms with Crippen LogP contribution in [-0.4, -0.2) is 45.4 Å². The molecule has 0 unspecified atom stereocenters. The van der Waals surface area contributed by atoms with Crippen molar-refractivity contribution < 1.29 is 9.59 Å². The van der Waals surface area contributed by atoms with Gasteiger partial charge in [-0.15, -0.1) is 11.3 Å². The number of rotatable bonds is 5. The minimum atomic E-state index is -0.272. The van der Waals surface area contributed by atoms with Crippen molar-refractivity contribution in [1.29, 1.82) is 0 Å². The van der Waals surface area contributed by atoms with Gasteiger partial charge in [0.25, 0.3) is 11.5 Å². The highest BCUT2D eigenvalue weighted by molar-refractivity contribution is 7.20. The molecule has 2 aromatic rings. The van der Waals surface area contributed by atoms with E-state index in [2.05, 4.69) is 17.2 Å². The zero-order chi connectivity index (χ0) is 19.6. The molecule has 0 radical (unpaired) electrons. The van der Waals surface area contributed by atoms with Crippen LogP contribution in [0.3, 0.4) is 0 Å². The Morgan fingerprint density at radius 1 is 1.37 bits per heavy atom. The van der Waals surface area contributed by atoms with Crippen LogP contribution in [-0.2, 0) is 11.3 Å². The summed E-state index contributed by atoms with van der Waals surface area (Å²) in [5, 5.41) is 3.20. The maximum Gasteiger partial charge on any atom is 0.264 e. The van der Waals surface area contributed by atoms with Gasteiger partial charge in [0.1, 0.15) is 11.4 Å². The summed E-state index contributed by atoms with van der Waals surface area (Å²) in [6, 6.07) is 0.211. The fraction of sp³-hybridized carbons (Fsp3) is 0.579. The van der Waals surface area contributed by atoms with E-state index in [1.54, 1.807) is 6.92 Å². The van der Waals surface area contributed by atoms with Gasteiger partial charge in [0.2, 0.25) is 5.91 Å². The summed E-state index contributed by atoms with van der Waals surface area (Å²) >= 11 is 1.27. The Bertz CT molecular complexity index is 918. The third-order valence-electron chi connectivity index (χ3n) is 5.06. The van der Waals surface area contributed by atoms with Crippen LogP contribution in [0.25, 0.3) is 10.2 Å². The van der Waals surface area contributed by atoms with Crippen LogP contribution in [0.4, 0.5) is 0 Å². The predicted molar refractivity (Wildman–Crippen MR) is 106 cm³/mol. The molecular weight excluding hydrogens is 364 g/mol. The normalized spacial score (nSPS) is 17.3. The lowest BCUT2D eigenvalue weighted by Crippen LogP contribution is -2.41. The first-order valence-electron chi connectivity index (χ1n) is 9.50. The average Bonchev–Trinajstić information content (AvgIpc) is 2.99. The Hall–Kier alpha value is -2.22. The third kappa shape index (κ3) is 3.90. The molecule has 1 aliphatic rings. The van der Waals surface area contributed by atoms with Crippen LogP contribution in [0, 0.1) is 6.92 Å². The maximum absolute atomic E-state index is 13.0. The van der Waals surface area contributed by atoms with Crippen LogP contribution in [0.1, 0.15) is 54.8 Å². The molecule has 1 fully saturated rings. The van der Waals surface area contributed by atoms with Crippen LogP contribution < -0.4 is 10.9 Å². The number of carbonyl (C=O) groups is 2. The Balaban J connectivity index is 1.93. The van der Waals surface area contributed by atoms with E-state index < -0.39 is 0 Å². The van der Waals surface area contributed by atoms with Crippen LogP contribution in [0.5, 0.6) is 0 Å². The van der Waals surface area contributed by atoms with Gasteiger partial charge in [-0.25, -0.2) is 4.98 Å². The molecule has 1 atom stereocenters. The van der Waals surface area contributed by atoms with E-state index in [0.717, 1.165) is 32.2 Å². The van der Waals surface area contributed by atoms with Crippen LogP contribution >= 0.6 is 11.3 Å². The van der Waals surface area contributed by atoms with Crippen molar-refractivity contribution in [3.63, 3.8) is 0 Å². The molecule has 146 valence electrons. The third-order valence-corrected chi connectivity index (χ3v) is 6.25. The van der Waals surface area contributed by atoms with E-state index in [1.165, 1.54) is 22.2 Å². The molecule has 1 N–H and O–H groups in total. The molecule has 0 spiro atoms. The fourth-order valence-electron chi connectivity index (χ4n) is 3.48. The van der Waals surface area contributed by atoms with Crippen molar-refractivity contribution in [1.82, 2.24) is 19.8 Å². The van der Waals surface area contributed by atoms with E-state index in [0.29, 0.717) is 27.2 Å². The van der Waals surface area contributed by atoms with Gasteiger partial charge in [0.05, 0.1) is 16.6 Å². The van der Waals surface area contributed by atoms with E-state index >= 15 is 0 Å². The minimum absolute atomic E-state index is 0.0191. The highest BCUT2D eigenvalue weighted by Gasteiger charge is 2.28. The SMILES string of the molecule is CCCNC(=O)Cn1cnc2sc(C(=O)N3CCCC[C@H]3C)c(C)c2c1=O. The van der Waals surface area contributed by atoms with Gasteiger partial charge in [-0.05, 0) is 45.1 Å². The number of amides is 2. The second kappa shape index (κ2) is 8.21. The lowest BCUT2D eigenvalue weighted by atomic mass is 10.0. The summed E-state index contributed by atoms with van der Waals surface area (Å²) in [5.41, 5.74) is 0.393. The molecule has 27 heavy (non-hydrogen) atoms. The number of hydrogen-bond donors (Lipinski definition) is 1. The van der Waals surface area contributed by atoms with E-state index in [4.69, 9.17) is 0 Å². The smallest absolute Gasteiger partial charge is 0.264 e. The van der Waals surface area contributed by atoms with Gasteiger partial charge in [-0.2, -0.15) is 0 Å². The van der Waals surface area contributed by atoms with Gasteiger partial charge >= 0.3 is 0 Å². The summed E-state index contributed by atoms with van der Waals surface area (Å²) < 4.78 is 1.31. The van der Waals surface area contributed by atoms with Crippen molar-refractivity contribution in [3.8, 4) is 0 Å². The topological polar surface area (TPSA) is 84.3 Å². The predicted octanol–water partition coefficient (Wildman–Crippen LogP) is 2.31. The number of hydrogen-bond acceptors (Lipinski definition) is 5. The summed E-state index contributed by atoms with van der Waals surface area (Å²) in [6.07, 6.45) is 5.39. The number of nitrogens with zero attached hydrogens (tertiary/aromatic N) is 3. The van der Waals surface area contributed by atoms with Gasteiger partial charge in [-0.1, -0.05) is 6.92 Å². The standard InChI is InChI=1S/C19H26N4O3S/c1-4-8-20-14(24)10-22-11-21-17-15(18(22)25)13(3)16(27-17)19(26)23-9-6-5-7-12(23)2/h11-12H,4-10H2,1-3H3,(H,20,24)/t12-/m1/s1. The zero-order valence-electron chi connectivity index (χ0n) is 16.1. The first kappa shape index (κ1) is 19.5. The molecule has 0 aromatic carbocycles. The molecule has 3 rings (SSSR count). The largest absolute Gasteiger partial charge is 0.355 e. The van der Waals surface area contributed by atoms with Gasteiger partial charge in [0.15, 0.2) is 0 Å². The van der Waals surface area contributed by atoms with Crippen molar-refractivity contribution in [2.45, 2.75) is 59.0 Å². The monoisotopic (exact) mass is 390 g/mol. The molecular formula is C19H26N4O3S. The molecule has 0 aliphatic carbocycles. The quantitative estimate of drug-likeness (QED) is 0.849. The van der Waals surface area contributed by atoms with Gasteiger partial charge < -0.3 is 10.2 Å². The zero-order valence-corrected chi connectivity index (χ0v) is 16.9. The van der Waals surface area contributed by atoms with E-state index in [1.807, 2.05) is 11.8 Å². The molecule has 7 nitrogen and oxygen atoms in total. The number of carbonyl (C=O) groups excluding carboxylic acids is 2. The van der Waals surface area contributed by atoms with Crippen molar-refractivity contribution >= 4 is 33.4 Å². The molecule has 1 aliphatic heterocycles. The second-order valence-corrected chi connectivity index (χ2v) is 8.11. The summed E-state index contributed by atoms with van der Waals surface area (Å²) in [6.45, 7) is 7.10. The number of thiophene rings is 1. The number of nitrogens with one attached hydrogen (secondary N) is 1. The Morgan fingerprint density at radius 3 is 2.85 bits per heavy atom. The van der Waals surface area contributed by atoms with Gasteiger partial charge in [0, 0.05) is 19.1 Å². The Morgan fingerprint density at radius 2 is 2.15 bits per heavy atom. The number of fused-ring (bicyclic) bond motifs is 1. The summed E-state index contributed by atoms with van der Waals surface area (Å²) in [5.74, 6) is -0.235. The summed E-state index contributed by atoms with van der Waals surface area (Å²) in [4.78, 5) is 45.2. The average molecular weight is 391 g/mol. The molecule has 8 heteroatoms. The number of aromatic nitrogens is 2. The molecule has 2 amide bonds. The van der Waals surface area contributed by atoms with Gasteiger partial charge in [-0.3, -0.25) is 19.0 Å². The molecule has 0 bridgehead atoms. The van der Waals surface area contributed by atoms with Crippen molar-refractivity contribution in [2.24, 2.45) is 0 Å². The second-order valence-electron chi connectivity index (χ2n) is 7.11. The van der Waals surface area contributed by atoms with Crippen LogP contribution in [0.15, 0.2) is 11.1 Å². The van der Waals surface area contributed by atoms with E-state index in [-0.39, 0.29) is 30.0 Å². The molecule has 1 saturated heterocycles. The Kier molecular flexibility index (Phi) is 5.94. The number of aryl methyl sites for hydroxylation is 1. The van der Waals surface area contributed by atoms with Crippen molar-refractivity contribution in [2.75, 3.05) is 13.1 Å². The fourth-order valence-corrected chi connectivity index (χ4v) is 4.58. The Labute approximate surface area is 162 Å². The minimum Gasteiger partial charge on any atom is -0.355 e. The number of likely N-dealkylation sites (tertiary alicyclic amines) is 1. The lowest BCUT2D eigenvalue weighted by Gasteiger charge is -2.33. The highest BCUT2D eigenvalue weighted by Crippen LogP contribution is 2.30. The summed E-state index contributed by atoms with van der Waals surface area (Å²) in [7, 11) is 0. The first-order valence-corrected chi connectivity index (χ1v) is 10.3. The molecule has 0 saturated carbocycles. The highest BCUT2D eigenvalue weighted by atomic mass is 32.1. The van der Waals surface area contributed by atoms with Crippen molar-refractivity contribution in [3.05, 3.63) is 27.1 Å². The molecule has 2 aromatic heterocycles. The molecule has 3 heterocycles. The van der Waals surface area contributed by atoms with Crippen LogP contribution in [0.2, 0.25) is 0 Å². The lowest BCUT2D eigenvalue weighted by molar-refractivity contribution is -0.121.